The zero-order valence-corrected chi connectivity index (χ0v) is 13.6. The third-order valence-electron chi connectivity index (χ3n) is 2.38. The molecule has 20 heavy (non-hydrogen) atoms. The van der Waals surface area contributed by atoms with Crippen LogP contribution in [0, 0.1) is 0 Å². The third kappa shape index (κ3) is 7.28. The molecule has 0 aromatic heterocycles. The van der Waals surface area contributed by atoms with Gasteiger partial charge in [-0.1, -0.05) is 28.1 Å². The van der Waals surface area contributed by atoms with E-state index in [1.165, 1.54) is 0 Å². The Morgan fingerprint density at radius 3 is 2.30 bits per heavy atom. The maximum Gasteiger partial charge on any atom is 0.306 e. The lowest BCUT2D eigenvalue weighted by atomic mass is 10.2. The van der Waals surface area contributed by atoms with Gasteiger partial charge < -0.3 is 10.1 Å². The minimum atomic E-state index is -0.509. The first kappa shape index (κ1) is 16.7. The first-order valence-electron chi connectivity index (χ1n) is 6.49. The van der Waals surface area contributed by atoms with Gasteiger partial charge in [0, 0.05) is 17.4 Å². The van der Waals surface area contributed by atoms with Crippen molar-refractivity contribution in [3.8, 4) is 0 Å². The molecule has 0 radical (unpaired) electrons. The highest BCUT2D eigenvalue weighted by molar-refractivity contribution is 9.10. The summed E-state index contributed by atoms with van der Waals surface area (Å²) in [7, 11) is 0. The van der Waals surface area contributed by atoms with Crippen LogP contribution in [0.15, 0.2) is 28.7 Å². The maximum atomic E-state index is 11.6. The van der Waals surface area contributed by atoms with E-state index in [-0.39, 0.29) is 24.7 Å². The second kappa shape index (κ2) is 7.43. The summed E-state index contributed by atoms with van der Waals surface area (Å²) in [6.45, 7) is 5.87. The predicted molar refractivity (Wildman–Crippen MR) is 81.1 cm³/mol. The molecule has 0 saturated carbocycles. The van der Waals surface area contributed by atoms with Crippen molar-refractivity contribution in [2.45, 2.75) is 45.8 Å². The molecule has 0 fully saturated rings. The molecule has 0 aliphatic rings. The zero-order valence-electron chi connectivity index (χ0n) is 12.0. The highest BCUT2D eigenvalue weighted by atomic mass is 79.9. The van der Waals surface area contributed by atoms with Crippen molar-refractivity contribution in [2.75, 3.05) is 0 Å². The van der Waals surface area contributed by atoms with Gasteiger partial charge in [-0.25, -0.2) is 0 Å². The number of hydrogen-bond acceptors (Lipinski definition) is 3. The van der Waals surface area contributed by atoms with Gasteiger partial charge in [0.2, 0.25) is 5.91 Å². The Balaban J connectivity index is 2.27. The van der Waals surface area contributed by atoms with Gasteiger partial charge >= 0.3 is 5.97 Å². The fraction of sp³-hybridized carbons (Fsp3) is 0.467. The van der Waals surface area contributed by atoms with Gasteiger partial charge in [-0.05, 0) is 38.5 Å². The fourth-order valence-corrected chi connectivity index (χ4v) is 1.76. The van der Waals surface area contributed by atoms with Gasteiger partial charge in [-0.15, -0.1) is 0 Å². The maximum absolute atomic E-state index is 11.6. The smallest absolute Gasteiger partial charge is 0.306 e. The molecule has 1 aromatic rings. The molecule has 5 heteroatoms. The van der Waals surface area contributed by atoms with Gasteiger partial charge in [-0.3, -0.25) is 9.59 Å². The van der Waals surface area contributed by atoms with Crippen molar-refractivity contribution in [3.05, 3.63) is 34.3 Å². The van der Waals surface area contributed by atoms with Crippen LogP contribution in [0.3, 0.4) is 0 Å². The number of rotatable bonds is 5. The molecule has 0 bridgehead atoms. The topological polar surface area (TPSA) is 55.4 Å². The number of ether oxygens (including phenoxy) is 1. The van der Waals surface area contributed by atoms with E-state index < -0.39 is 5.60 Å². The molecular weight excluding hydrogens is 322 g/mol. The predicted octanol–water partition coefficient (Wildman–Crippen LogP) is 3.19. The average Bonchev–Trinajstić information content (AvgIpc) is 2.33. The van der Waals surface area contributed by atoms with E-state index in [1.54, 1.807) is 20.8 Å². The highest BCUT2D eigenvalue weighted by Gasteiger charge is 2.16. The number of nitrogens with one attached hydrogen (secondary N) is 1. The van der Waals surface area contributed by atoms with E-state index in [9.17, 15) is 9.59 Å². The molecule has 110 valence electrons. The Hall–Kier alpha value is -1.36. The molecule has 1 aromatic carbocycles. The van der Waals surface area contributed by atoms with E-state index in [1.807, 2.05) is 24.3 Å². The first-order chi connectivity index (χ1) is 9.26. The number of hydrogen-bond donors (Lipinski definition) is 1. The summed E-state index contributed by atoms with van der Waals surface area (Å²) in [5.74, 6) is -0.505. The largest absolute Gasteiger partial charge is 0.460 e. The number of carbonyl (C=O) groups is 2. The summed E-state index contributed by atoms with van der Waals surface area (Å²) in [6, 6.07) is 7.70. The summed E-state index contributed by atoms with van der Waals surface area (Å²) in [6.07, 6.45) is 0.245. The van der Waals surface area contributed by atoms with Gasteiger partial charge in [0.05, 0.1) is 6.42 Å². The van der Waals surface area contributed by atoms with Gasteiger partial charge in [0.1, 0.15) is 5.60 Å². The molecular formula is C15H20BrNO3. The van der Waals surface area contributed by atoms with Gasteiger partial charge in [0.25, 0.3) is 0 Å². The minimum Gasteiger partial charge on any atom is -0.460 e. The highest BCUT2D eigenvalue weighted by Crippen LogP contribution is 2.11. The molecule has 0 spiro atoms. The molecule has 0 saturated heterocycles. The van der Waals surface area contributed by atoms with Crippen molar-refractivity contribution in [1.29, 1.82) is 0 Å². The van der Waals surface area contributed by atoms with Crippen LogP contribution in [-0.2, 0) is 20.9 Å². The summed E-state index contributed by atoms with van der Waals surface area (Å²) in [4.78, 5) is 23.1. The average molecular weight is 342 g/mol. The van der Waals surface area contributed by atoms with Crippen molar-refractivity contribution in [3.63, 3.8) is 0 Å². The van der Waals surface area contributed by atoms with Crippen LogP contribution in [0.5, 0.6) is 0 Å². The lowest BCUT2D eigenvalue weighted by Crippen LogP contribution is -2.26. The lowest BCUT2D eigenvalue weighted by Gasteiger charge is -2.19. The van der Waals surface area contributed by atoms with Crippen molar-refractivity contribution in [2.24, 2.45) is 0 Å². The van der Waals surface area contributed by atoms with Crippen molar-refractivity contribution < 1.29 is 14.3 Å². The molecule has 4 nitrogen and oxygen atoms in total. The number of carbonyl (C=O) groups excluding carboxylic acids is 2. The van der Waals surface area contributed by atoms with Crippen LogP contribution in [0.1, 0.15) is 39.2 Å². The third-order valence-corrected chi connectivity index (χ3v) is 2.91. The Morgan fingerprint density at radius 1 is 1.15 bits per heavy atom. The van der Waals surface area contributed by atoms with Gasteiger partial charge in [-0.2, -0.15) is 0 Å². The summed E-state index contributed by atoms with van der Waals surface area (Å²) in [5.41, 5.74) is 0.504. The minimum absolute atomic E-state index is 0.101. The SMILES string of the molecule is CC(C)(C)OC(=O)CCC(=O)NCc1ccc(Br)cc1. The molecule has 0 aliphatic heterocycles. The van der Waals surface area contributed by atoms with Gasteiger partial charge in [0.15, 0.2) is 0 Å². The monoisotopic (exact) mass is 341 g/mol. The van der Waals surface area contributed by atoms with Crippen LogP contribution in [-0.4, -0.2) is 17.5 Å². The Kier molecular flexibility index (Phi) is 6.20. The second-order valence-electron chi connectivity index (χ2n) is 5.49. The summed E-state index contributed by atoms with van der Waals surface area (Å²) < 4.78 is 6.14. The molecule has 0 unspecified atom stereocenters. The molecule has 1 N–H and O–H groups in total. The van der Waals surface area contributed by atoms with E-state index in [4.69, 9.17) is 4.74 Å². The fourth-order valence-electron chi connectivity index (χ4n) is 1.50. The number of esters is 1. The first-order valence-corrected chi connectivity index (χ1v) is 7.28. The van der Waals surface area contributed by atoms with Crippen LogP contribution in [0.2, 0.25) is 0 Å². The number of benzene rings is 1. The van der Waals surface area contributed by atoms with E-state index in [2.05, 4.69) is 21.2 Å². The summed E-state index contributed by atoms with van der Waals surface area (Å²) >= 11 is 3.35. The molecule has 0 atom stereocenters. The standard InChI is InChI=1S/C15H20BrNO3/c1-15(2,3)20-14(19)9-8-13(18)17-10-11-4-6-12(16)7-5-11/h4-7H,8-10H2,1-3H3,(H,17,18). The van der Waals surface area contributed by atoms with E-state index >= 15 is 0 Å². The summed E-state index contributed by atoms with van der Waals surface area (Å²) in [5, 5.41) is 2.77. The molecule has 1 amide bonds. The van der Waals surface area contributed by atoms with Crippen LogP contribution in [0.25, 0.3) is 0 Å². The normalized spacial score (nSPS) is 11.0. The van der Waals surface area contributed by atoms with Crippen LogP contribution in [0.4, 0.5) is 0 Å². The van der Waals surface area contributed by atoms with Crippen LogP contribution < -0.4 is 5.32 Å². The van der Waals surface area contributed by atoms with E-state index in [0.29, 0.717) is 6.54 Å². The molecule has 0 aliphatic carbocycles. The number of halogens is 1. The number of amides is 1. The van der Waals surface area contributed by atoms with Crippen molar-refractivity contribution in [1.82, 2.24) is 5.32 Å². The Bertz CT molecular complexity index is 463. The lowest BCUT2D eigenvalue weighted by molar-refractivity contribution is -0.155. The van der Waals surface area contributed by atoms with Crippen molar-refractivity contribution >= 4 is 27.8 Å². The molecule has 0 heterocycles. The van der Waals surface area contributed by atoms with Crippen LogP contribution >= 0.6 is 15.9 Å². The molecule has 1 rings (SSSR count). The Labute approximate surface area is 128 Å². The zero-order chi connectivity index (χ0) is 15.2. The van der Waals surface area contributed by atoms with E-state index in [0.717, 1.165) is 10.0 Å². The quantitative estimate of drug-likeness (QED) is 0.836. The second-order valence-corrected chi connectivity index (χ2v) is 6.41. The Morgan fingerprint density at radius 2 is 1.75 bits per heavy atom.